The second kappa shape index (κ2) is 8.21. The largest absolute Gasteiger partial charge is 0.501 e. The minimum absolute atomic E-state index is 0.0196. The van der Waals surface area contributed by atoms with Gasteiger partial charge in [0, 0.05) is 5.92 Å². The van der Waals surface area contributed by atoms with E-state index in [4.69, 9.17) is 9.47 Å². The van der Waals surface area contributed by atoms with Crippen molar-refractivity contribution in [1.29, 1.82) is 0 Å². The van der Waals surface area contributed by atoms with Crippen molar-refractivity contribution in [1.82, 2.24) is 0 Å². The molecular formula is C20H36O3. The van der Waals surface area contributed by atoms with E-state index in [0.29, 0.717) is 17.8 Å². The number of allylic oxidation sites excluding steroid dienone is 2. The topological polar surface area (TPSA) is 35.5 Å². The Morgan fingerprint density at radius 2 is 1.61 bits per heavy atom. The lowest BCUT2D eigenvalue weighted by Crippen LogP contribution is -2.32. The zero-order chi connectivity index (χ0) is 17.8. The van der Waals surface area contributed by atoms with Crippen LogP contribution in [0, 0.1) is 23.2 Å². The molecule has 0 bridgehead atoms. The third-order valence-electron chi connectivity index (χ3n) is 4.63. The van der Waals surface area contributed by atoms with Gasteiger partial charge in [-0.3, -0.25) is 4.79 Å². The summed E-state index contributed by atoms with van der Waals surface area (Å²) in [5, 5.41) is 0. The molecule has 1 rings (SSSR count). The highest BCUT2D eigenvalue weighted by atomic mass is 16.5. The maximum atomic E-state index is 12.2. The fourth-order valence-corrected chi connectivity index (χ4v) is 3.57. The van der Waals surface area contributed by atoms with Gasteiger partial charge in [-0.05, 0) is 63.9 Å². The van der Waals surface area contributed by atoms with Crippen LogP contribution in [0.2, 0.25) is 0 Å². The Morgan fingerprint density at radius 3 is 2.04 bits per heavy atom. The van der Waals surface area contributed by atoms with Crippen LogP contribution in [-0.4, -0.2) is 19.2 Å². The molecule has 0 aliphatic heterocycles. The molecule has 1 saturated carbocycles. The number of hydrogen-bond acceptors (Lipinski definition) is 3. The number of ether oxygens (including phenoxy) is 2. The summed E-state index contributed by atoms with van der Waals surface area (Å²) >= 11 is 0. The number of hydrogen-bond donors (Lipinski definition) is 0. The SMILES string of the molecule is COC(=C(C(C)C)C(C)C)C1CCCC(OC(=O)C(C)(C)C)C1. The Balaban J connectivity index is 2.91. The molecular weight excluding hydrogens is 288 g/mol. The lowest BCUT2D eigenvalue weighted by Gasteiger charge is -2.33. The van der Waals surface area contributed by atoms with Crippen LogP contribution in [-0.2, 0) is 14.3 Å². The standard InChI is InChI=1S/C20H36O3/c1-13(2)17(14(3)4)18(22-8)15-10-9-11-16(12-15)23-19(21)20(5,6)7/h13-16H,9-12H2,1-8H3. The molecule has 0 aromatic rings. The normalized spacial score (nSPS) is 22.2. The second-order valence-electron chi connectivity index (χ2n) is 8.47. The van der Waals surface area contributed by atoms with E-state index in [9.17, 15) is 4.79 Å². The average molecular weight is 325 g/mol. The molecule has 0 amide bonds. The molecule has 1 aliphatic rings. The second-order valence-corrected chi connectivity index (χ2v) is 8.47. The lowest BCUT2D eigenvalue weighted by atomic mass is 9.80. The van der Waals surface area contributed by atoms with Gasteiger partial charge in [-0.15, -0.1) is 0 Å². The molecule has 0 saturated heterocycles. The van der Waals surface area contributed by atoms with Gasteiger partial charge in [-0.1, -0.05) is 27.7 Å². The minimum atomic E-state index is -0.437. The zero-order valence-electron chi connectivity index (χ0n) is 16.4. The van der Waals surface area contributed by atoms with Crippen molar-refractivity contribution in [3.63, 3.8) is 0 Å². The van der Waals surface area contributed by atoms with Crippen LogP contribution in [0.15, 0.2) is 11.3 Å². The molecule has 134 valence electrons. The molecule has 23 heavy (non-hydrogen) atoms. The zero-order valence-corrected chi connectivity index (χ0v) is 16.4. The highest BCUT2D eigenvalue weighted by Crippen LogP contribution is 2.37. The average Bonchev–Trinajstić information content (AvgIpc) is 2.42. The fraction of sp³-hybridized carbons (Fsp3) is 0.850. The monoisotopic (exact) mass is 324 g/mol. The summed E-state index contributed by atoms with van der Waals surface area (Å²) in [6.07, 6.45) is 4.08. The summed E-state index contributed by atoms with van der Waals surface area (Å²) in [7, 11) is 1.78. The third-order valence-corrected chi connectivity index (χ3v) is 4.63. The summed E-state index contributed by atoms with van der Waals surface area (Å²) in [6, 6.07) is 0. The van der Waals surface area contributed by atoms with Crippen molar-refractivity contribution in [2.45, 2.75) is 80.3 Å². The van der Waals surface area contributed by atoms with E-state index in [1.807, 2.05) is 20.8 Å². The van der Waals surface area contributed by atoms with Crippen LogP contribution in [0.1, 0.15) is 74.1 Å². The van der Waals surface area contributed by atoms with Gasteiger partial charge in [-0.25, -0.2) is 0 Å². The minimum Gasteiger partial charge on any atom is -0.501 e. The maximum Gasteiger partial charge on any atom is 0.311 e. The molecule has 1 fully saturated rings. The summed E-state index contributed by atoms with van der Waals surface area (Å²) in [5.74, 6) is 2.35. The molecule has 0 aromatic carbocycles. The predicted octanol–water partition coefficient (Wildman–Crippen LogP) is 5.35. The van der Waals surface area contributed by atoms with Gasteiger partial charge in [0.15, 0.2) is 0 Å². The number of carbonyl (C=O) groups excluding carboxylic acids is 1. The molecule has 0 radical (unpaired) electrons. The van der Waals surface area contributed by atoms with E-state index in [2.05, 4.69) is 27.7 Å². The van der Waals surface area contributed by atoms with Crippen molar-refractivity contribution in [2.75, 3.05) is 7.11 Å². The van der Waals surface area contributed by atoms with Crippen LogP contribution in [0.5, 0.6) is 0 Å². The summed E-state index contributed by atoms with van der Waals surface area (Å²) < 4.78 is 11.6. The van der Waals surface area contributed by atoms with Crippen LogP contribution in [0.25, 0.3) is 0 Å². The molecule has 0 heterocycles. The van der Waals surface area contributed by atoms with E-state index < -0.39 is 5.41 Å². The molecule has 3 nitrogen and oxygen atoms in total. The molecule has 0 N–H and O–H groups in total. The van der Waals surface area contributed by atoms with Crippen molar-refractivity contribution >= 4 is 5.97 Å². The van der Waals surface area contributed by atoms with Crippen LogP contribution >= 0.6 is 0 Å². The molecule has 3 heteroatoms. The van der Waals surface area contributed by atoms with Gasteiger partial charge >= 0.3 is 5.97 Å². The quantitative estimate of drug-likeness (QED) is 0.505. The van der Waals surface area contributed by atoms with Gasteiger partial charge in [0.2, 0.25) is 0 Å². The Labute approximate surface area is 142 Å². The first-order valence-electron chi connectivity index (χ1n) is 9.06. The number of rotatable bonds is 5. The Morgan fingerprint density at radius 1 is 1.04 bits per heavy atom. The number of esters is 1. The van der Waals surface area contributed by atoms with Crippen molar-refractivity contribution in [3.8, 4) is 0 Å². The van der Waals surface area contributed by atoms with Crippen molar-refractivity contribution in [3.05, 3.63) is 11.3 Å². The molecule has 2 atom stereocenters. The van der Waals surface area contributed by atoms with Crippen molar-refractivity contribution in [2.24, 2.45) is 23.2 Å². The highest BCUT2D eigenvalue weighted by molar-refractivity contribution is 5.75. The molecule has 1 aliphatic carbocycles. The predicted molar refractivity (Wildman–Crippen MR) is 95.0 cm³/mol. The van der Waals surface area contributed by atoms with Gasteiger partial charge in [0.25, 0.3) is 0 Å². The van der Waals surface area contributed by atoms with Gasteiger partial charge in [-0.2, -0.15) is 0 Å². The number of carbonyl (C=O) groups is 1. The smallest absolute Gasteiger partial charge is 0.311 e. The molecule has 0 spiro atoms. The Hall–Kier alpha value is -0.990. The van der Waals surface area contributed by atoms with Crippen LogP contribution < -0.4 is 0 Å². The fourth-order valence-electron chi connectivity index (χ4n) is 3.57. The summed E-state index contributed by atoms with van der Waals surface area (Å²) in [4.78, 5) is 12.2. The van der Waals surface area contributed by atoms with E-state index >= 15 is 0 Å². The van der Waals surface area contributed by atoms with Gasteiger partial charge in [0.05, 0.1) is 18.3 Å². The maximum absolute atomic E-state index is 12.2. The summed E-state index contributed by atoms with van der Waals surface area (Å²) in [5.41, 5.74) is 0.966. The van der Waals surface area contributed by atoms with E-state index in [1.54, 1.807) is 7.11 Å². The first kappa shape index (κ1) is 20.1. The Bertz CT molecular complexity index is 417. The summed E-state index contributed by atoms with van der Waals surface area (Å²) in [6.45, 7) is 14.6. The molecule has 2 unspecified atom stereocenters. The van der Waals surface area contributed by atoms with E-state index in [0.717, 1.165) is 31.4 Å². The highest BCUT2D eigenvalue weighted by Gasteiger charge is 2.33. The Kier molecular flexibility index (Phi) is 7.16. The lowest BCUT2D eigenvalue weighted by molar-refractivity contribution is -0.160. The van der Waals surface area contributed by atoms with Crippen LogP contribution in [0.3, 0.4) is 0 Å². The van der Waals surface area contributed by atoms with Gasteiger partial charge < -0.3 is 9.47 Å². The van der Waals surface area contributed by atoms with E-state index in [1.165, 1.54) is 5.57 Å². The first-order valence-corrected chi connectivity index (χ1v) is 9.06. The first-order chi connectivity index (χ1) is 10.6. The third kappa shape index (κ3) is 5.54. The van der Waals surface area contributed by atoms with E-state index in [-0.39, 0.29) is 12.1 Å². The van der Waals surface area contributed by atoms with Crippen LogP contribution in [0.4, 0.5) is 0 Å². The van der Waals surface area contributed by atoms with Gasteiger partial charge in [0.1, 0.15) is 6.10 Å². The number of methoxy groups -OCH3 is 1. The molecule has 0 aromatic heterocycles. The van der Waals surface area contributed by atoms with Crippen molar-refractivity contribution < 1.29 is 14.3 Å².